The summed E-state index contributed by atoms with van der Waals surface area (Å²) in [5.74, 6) is 0.641. The lowest BCUT2D eigenvalue weighted by Gasteiger charge is -2.21. The van der Waals surface area contributed by atoms with E-state index in [0.29, 0.717) is 5.57 Å². The second-order valence-corrected chi connectivity index (χ2v) is 6.87. The van der Waals surface area contributed by atoms with Crippen molar-refractivity contribution in [1.29, 1.82) is 0 Å². The molecule has 0 N–H and O–H groups in total. The Morgan fingerprint density at radius 1 is 0.828 bits per heavy atom. The van der Waals surface area contributed by atoms with Crippen LogP contribution < -0.4 is 9.91 Å². The van der Waals surface area contributed by atoms with Crippen LogP contribution in [0.1, 0.15) is 33.3 Å². The maximum atomic E-state index is 13.2. The molecule has 0 unspecified atom stereocenters. The molecule has 1 amide bonds. The molecule has 29 heavy (non-hydrogen) atoms. The fraction of sp³-hybridized carbons (Fsp3) is 0.333. The molecule has 152 valence electrons. The van der Waals surface area contributed by atoms with Crippen LogP contribution in [0.2, 0.25) is 0 Å². The van der Waals surface area contributed by atoms with Gasteiger partial charge in [-0.1, -0.05) is 30.3 Å². The highest BCUT2D eigenvalue weighted by atomic mass is 16.2. The lowest BCUT2D eigenvalue weighted by Crippen LogP contribution is -2.31. The van der Waals surface area contributed by atoms with Crippen LogP contribution in [0.4, 0.5) is 11.4 Å². The molecule has 1 heterocycles. The van der Waals surface area contributed by atoms with Gasteiger partial charge in [0.2, 0.25) is 0 Å². The minimum atomic E-state index is -0.0917. The molecule has 0 saturated carbocycles. The smallest absolute Gasteiger partial charge is 0.282 e. The van der Waals surface area contributed by atoms with Crippen LogP contribution in [-0.2, 0) is 4.79 Å². The molecule has 0 aromatic heterocycles. The van der Waals surface area contributed by atoms with E-state index in [9.17, 15) is 4.79 Å². The number of hydrogen-bond donors (Lipinski definition) is 0. The Morgan fingerprint density at radius 3 is 1.97 bits per heavy atom. The molecule has 2 aromatic rings. The summed E-state index contributed by atoms with van der Waals surface area (Å²) in [5, 5.41) is 6.18. The predicted molar refractivity (Wildman–Crippen MR) is 122 cm³/mol. The van der Waals surface area contributed by atoms with Gasteiger partial charge in [-0.05, 0) is 63.6 Å². The first-order valence-corrected chi connectivity index (χ1v) is 10.4. The second-order valence-electron chi connectivity index (χ2n) is 6.87. The fourth-order valence-corrected chi connectivity index (χ4v) is 3.57. The van der Waals surface area contributed by atoms with Gasteiger partial charge in [0.1, 0.15) is 0 Å². The summed E-state index contributed by atoms with van der Waals surface area (Å²) >= 11 is 0. The molecule has 5 nitrogen and oxygen atoms in total. The van der Waals surface area contributed by atoms with Gasteiger partial charge in [0.05, 0.1) is 11.3 Å². The average molecular weight is 391 g/mol. The zero-order valence-electron chi connectivity index (χ0n) is 17.8. The summed E-state index contributed by atoms with van der Waals surface area (Å²) in [4.78, 5) is 17.7. The van der Waals surface area contributed by atoms with Gasteiger partial charge in [-0.3, -0.25) is 4.79 Å². The van der Waals surface area contributed by atoms with Crippen LogP contribution in [0.5, 0.6) is 0 Å². The van der Waals surface area contributed by atoms with Crippen molar-refractivity contribution in [2.24, 2.45) is 5.10 Å². The van der Waals surface area contributed by atoms with E-state index in [-0.39, 0.29) is 5.91 Å². The number of benzene rings is 2. The first kappa shape index (κ1) is 20.6. The Kier molecular flexibility index (Phi) is 6.70. The molecule has 0 fully saturated rings. The minimum Gasteiger partial charge on any atom is -0.372 e. The molecular weight excluding hydrogens is 360 g/mol. The molecule has 0 spiro atoms. The maximum Gasteiger partial charge on any atom is 0.282 e. The van der Waals surface area contributed by atoms with Crippen LogP contribution in [0.15, 0.2) is 65.3 Å². The summed E-state index contributed by atoms with van der Waals surface area (Å²) in [5.41, 5.74) is 3.60. The fourth-order valence-electron chi connectivity index (χ4n) is 3.57. The molecule has 0 atom stereocenters. The predicted octanol–water partition coefficient (Wildman–Crippen LogP) is 4.62. The Morgan fingerprint density at radius 2 is 1.41 bits per heavy atom. The lowest BCUT2D eigenvalue weighted by molar-refractivity contribution is -0.114. The van der Waals surface area contributed by atoms with Crippen molar-refractivity contribution in [3.8, 4) is 0 Å². The molecule has 0 radical (unpaired) electrons. The molecule has 1 aliphatic rings. The quantitative estimate of drug-likeness (QED) is 0.648. The van der Waals surface area contributed by atoms with Crippen LogP contribution in [0.3, 0.4) is 0 Å². The van der Waals surface area contributed by atoms with Gasteiger partial charge < -0.3 is 9.80 Å². The molecule has 5 heteroatoms. The Hall–Kier alpha value is -3.08. The Balaban J connectivity index is 1.97. The molecule has 0 saturated heterocycles. The number of amides is 1. The zero-order chi connectivity index (χ0) is 20.8. The van der Waals surface area contributed by atoms with Gasteiger partial charge in [0.15, 0.2) is 5.84 Å². The second kappa shape index (κ2) is 9.41. The Bertz CT molecular complexity index is 879. The van der Waals surface area contributed by atoms with Gasteiger partial charge in [0.25, 0.3) is 5.91 Å². The van der Waals surface area contributed by atoms with Crippen molar-refractivity contribution < 1.29 is 4.79 Å². The molecule has 1 aliphatic heterocycles. The highest BCUT2D eigenvalue weighted by molar-refractivity contribution is 6.32. The maximum absolute atomic E-state index is 13.2. The van der Waals surface area contributed by atoms with Crippen LogP contribution in [-0.4, -0.2) is 42.8 Å². The highest BCUT2D eigenvalue weighted by Crippen LogP contribution is 2.26. The van der Waals surface area contributed by atoms with Gasteiger partial charge in [-0.25, -0.2) is 0 Å². The standard InChI is InChI=1S/C24H30N4O/c1-5-26(6-2)20-16-14-19(15-17-20)18-22-23(27(7-3)8-4)25-28(24(22)29)21-12-10-9-11-13-21/h9-18H,5-8H2,1-4H3/b22-18-. The largest absolute Gasteiger partial charge is 0.372 e. The monoisotopic (exact) mass is 390 g/mol. The van der Waals surface area contributed by atoms with E-state index in [2.05, 4.69) is 66.9 Å². The topological polar surface area (TPSA) is 39.1 Å². The third-order valence-corrected chi connectivity index (χ3v) is 5.25. The van der Waals surface area contributed by atoms with E-state index in [1.807, 2.05) is 36.4 Å². The number of hydrazone groups is 1. The van der Waals surface area contributed by atoms with E-state index in [1.54, 1.807) is 0 Å². The summed E-state index contributed by atoms with van der Waals surface area (Å²) in [6, 6.07) is 18.0. The number of para-hydroxylation sites is 1. The number of carbonyl (C=O) groups excluding carboxylic acids is 1. The number of amidine groups is 1. The van der Waals surface area contributed by atoms with Gasteiger partial charge in [-0.15, -0.1) is 5.10 Å². The Labute approximate surface area is 173 Å². The molecule has 0 bridgehead atoms. The first-order chi connectivity index (χ1) is 14.1. The first-order valence-electron chi connectivity index (χ1n) is 10.4. The lowest BCUT2D eigenvalue weighted by atomic mass is 10.1. The minimum absolute atomic E-state index is 0.0917. The number of hydrogen-bond acceptors (Lipinski definition) is 4. The summed E-state index contributed by atoms with van der Waals surface area (Å²) in [6.07, 6.45) is 1.95. The summed E-state index contributed by atoms with van der Waals surface area (Å²) in [6.45, 7) is 12.0. The van der Waals surface area contributed by atoms with E-state index < -0.39 is 0 Å². The number of rotatable bonds is 7. The van der Waals surface area contributed by atoms with Crippen molar-refractivity contribution in [2.75, 3.05) is 36.1 Å². The van der Waals surface area contributed by atoms with Crippen molar-refractivity contribution >= 4 is 29.2 Å². The normalized spacial score (nSPS) is 15.0. The number of likely N-dealkylation sites (N-methyl/N-ethyl adjacent to an activating group) is 1. The van der Waals surface area contributed by atoms with Crippen LogP contribution in [0.25, 0.3) is 6.08 Å². The van der Waals surface area contributed by atoms with Gasteiger partial charge in [0, 0.05) is 31.9 Å². The van der Waals surface area contributed by atoms with Crippen LogP contribution >= 0.6 is 0 Å². The highest BCUT2D eigenvalue weighted by Gasteiger charge is 2.33. The van der Waals surface area contributed by atoms with E-state index in [0.717, 1.165) is 43.3 Å². The zero-order valence-corrected chi connectivity index (χ0v) is 17.8. The molecule has 2 aromatic carbocycles. The third-order valence-electron chi connectivity index (χ3n) is 5.25. The van der Waals surface area contributed by atoms with Crippen molar-refractivity contribution in [3.63, 3.8) is 0 Å². The SMILES string of the molecule is CCN(CC)C1=NN(c2ccccc2)C(=O)/C1=C\c1ccc(N(CC)CC)cc1. The van der Waals surface area contributed by atoms with Crippen molar-refractivity contribution in [3.05, 3.63) is 65.7 Å². The molecule has 3 rings (SSSR count). The van der Waals surface area contributed by atoms with Crippen molar-refractivity contribution in [2.45, 2.75) is 27.7 Å². The van der Waals surface area contributed by atoms with Crippen LogP contribution in [0, 0.1) is 0 Å². The summed E-state index contributed by atoms with van der Waals surface area (Å²) < 4.78 is 0. The number of anilines is 2. The van der Waals surface area contributed by atoms with E-state index in [1.165, 1.54) is 10.7 Å². The van der Waals surface area contributed by atoms with Crippen molar-refractivity contribution in [1.82, 2.24) is 4.90 Å². The third kappa shape index (κ3) is 4.34. The number of carbonyl (C=O) groups is 1. The van der Waals surface area contributed by atoms with E-state index >= 15 is 0 Å². The van der Waals surface area contributed by atoms with E-state index in [4.69, 9.17) is 0 Å². The number of nitrogens with zero attached hydrogens (tertiary/aromatic N) is 4. The van der Waals surface area contributed by atoms with Gasteiger partial charge >= 0.3 is 0 Å². The molecular formula is C24H30N4O. The average Bonchev–Trinajstić information content (AvgIpc) is 3.08. The molecule has 0 aliphatic carbocycles. The van der Waals surface area contributed by atoms with Gasteiger partial charge in [-0.2, -0.15) is 5.01 Å². The summed E-state index contributed by atoms with van der Waals surface area (Å²) in [7, 11) is 0.